The van der Waals surface area contributed by atoms with Gasteiger partial charge in [-0.3, -0.25) is 9.78 Å². The van der Waals surface area contributed by atoms with E-state index in [9.17, 15) is 22.4 Å². The lowest BCUT2D eigenvalue weighted by Crippen LogP contribution is -2.17. The first kappa shape index (κ1) is 23.4. The molecule has 0 aliphatic heterocycles. The molecular weight excluding hydrogens is 452 g/mol. The smallest absolute Gasteiger partial charge is 0.317 e. The Morgan fingerprint density at radius 1 is 1.19 bits per heavy atom. The summed E-state index contributed by atoms with van der Waals surface area (Å²) in [5.74, 6) is -3.91. The fourth-order valence-electron chi connectivity index (χ4n) is 2.71. The van der Waals surface area contributed by atoms with Gasteiger partial charge >= 0.3 is 5.92 Å². The maximum atomic E-state index is 13.5. The first-order valence-corrected chi connectivity index (χ1v) is 9.69. The molecule has 0 radical (unpaired) electrons. The van der Waals surface area contributed by atoms with Gasteiger partial charge in [-0.25, -0.2) is 18.7 Å². The number of pyridine rings is 1. The van der Waals surface area contributed by atoms with Crippen molar-refractivity contribution in [2.75, 3.05) is 12.0 Å². The zero-order valence-electron chi connectivity index (χ0n) is 16.7. The van der Waals surface area contributed by atoms with Gasteiger partial charge in [-0.05, 0) is 30.7 Å². The number of amides is 1. The number of benzene rings is 1. The second-order valence-electron chi connectivity index (χ2n) is 6.73. The molecule has 6 nitrogen and oxygen atoms in total. The Bertz CT molecular complexity index is 1110. The van der Waals surface area contributed by atoms with E-state index in [0.29, 0.717) is 5.56 Å². The maximum absolute atomic E-state index is 13.5. The molecule has 32 heavy (non-hydrogen) atoms. The Kier molecular flexibility index (Phi) is 7.24. The summed E-state index contributed by atoms with van der Waals surface area (Å²) in [7, 11) is 0. The summed E-state index contributed by atoms with van der Waals surface area (Å²) in [5, 5.41) is 2.41. The lowest BCUT2D eigenvalue weighted by Gasteiger charge is -2.13. The molecule has 0 fully saturated rings. The molecule has 0 aliphatic carbocycles. The molecule has 2 aromatic heterocycles. The third-order valence-corrected chi connectivity index (χ3v) is 4.60. The van der Waals surface area contributed by atoms with Crippen LogP contribution in [0.15, 0.2) is 48.9 Å². The third-order valence-electron chi connectivity index (χ3n) is 4.22. The van der Waals surface area contributed by atoms with Crippen molar-refractivity contribution in [2.45, 2.75) is 25.4 Å². The normalized spacial score (nSPS) is 12.3. The number of rotatable bonds is 8. The molecule has 1 atom stereocenters. The summed E-state index contributed by atoms with van der Waals surface area (Å²) in [6.07, 6.45) is 0.647. The number of nitrogens with one attached hydrogen (secondary N) is 1. The highest BCUT2D eigenvalue weighted by Gasteiger charge is 2.33. The van der Waals surface area contributed by atoms with E-state index in [4.69, 9.17) is 16.3 Å². The van der Waals surface area contributed by atoms with Gasteiger partial charge in [0.05, 0.1) is 12.1 Å². The van der Waals surface area contributed by atoms with Gasteiger partial charge in [0.15, 0.2) is 12.5 Å². The largest absolute Gasteiger partial charge is 0.457 e. The highest BCUT2D eigenvalue weighted by Crippen LogP contribution is 2.31. The summed E-state index contributed by atoms with van der Waals surface area (Å²) in [6, 6.07) is 8.64. The van der Waals surface area contributed by atoms with Crippen LogP contribution in [0.2, 0.25) is 5.02 Å². The molecule has 1 aromatic carbocycles. The van der Waals surface area contributed by atoms with Crippen LogP contribution in [-0.2, 0) is 17.1 Å². The van der Waals surface area contributed by atoms with Crippen LogP contribution in [0.25, 0.3) is 0 Å². The minimum Gasteiger partial charge on any atom is -0.457 e. The molecule has 1 amide bonds. The van der Waals surface area contributed by atoms with E-state index >= 15 is 0 Å². The number of nitrogens with zero attached hydrogens (tertiary/aromatic N) is 3. The molecule has 11 heteroatoms. The van der Waals surface area contributed by atoms with Crippen LogP contribution in [0.4, 0.5) is 23.4 Å². The first-order chi connectivity index (χ1) is 15.2. The van der Waals surface area contributed by atoms with Crippen molar-refractivity contribution in [3.63, 3.8) is 0 Å². The van der Waals surface area contributed by atoms with Crippen LogP contribution < -0.4 is 10.1 Å². The number of aromatic nitrogens is 3. The Morgan fingerprint density at radius 2 is 1.94 bits per heavy atom. The van der Waals surface area contributed by atoms with Gasteiger partial charge in [0.2, 0.25) is 5.91 Å². The number of anilines is 1. The molecule has 0 bridgehead atoms. The number of hydrogen-bond donors (Lipinski definition) is 1. The van der Waals surface area contributed by atoms with Crippen LogP contribution in [-0.4, -0.2) is 27.5 Å². The summed E-state index contributed by atoms with van der Waals surface area (Å²) < 4.78 is 58.6. The molecule has 0 saturated heterocycles. The van der Waals surface area contributed by atoms with Crippen LogP contribution >= 0.6 is 11.6 Å². The molecule has 1 N–H and O–H groups in total. The van der Waals surface area contributed by atoms with Gasteiger partial charge in [0, 0.05) is 12.3 Å². The average Bonchev–Trinajstić information content (AvgIpc) is 2.75. The summed E-state index contributed by atoms with van der Waals surface area (Å²) in [6.45, 7) is -0.619. The van der Waals surface area contributed by atoms with E-state index < -0.39 is 30.4 Å². The molecule has 2 heterocycles. The van der Waals surface area contributed by atoms with Crippen LogP contribution in [0.1, 0.15) is 30.0 Å². The van der Waals surface area contributed by atoms with E-state index in [1.54, 1.807) is 18.2 Å². The van der Waals surface area contributed by atoms with E-state index in [2.05, 4.69) is 20.3 Å². The van der Waals surface area contributed by atoms with E-state index in [1.165, 1.54) is 19.1 Å². The average molecular weight is 469 g/mol. The van der Waals surface area contributed by atoms with Crippen molar-refractivity contribution >= 4 is 23.3 Å². The maximum Gasteiger partial charge on any atom is 0.317 e. The van der Waals surface area contributed by atoms with Crippen molar-refractivity contribution in [2.24, 2.45) is 0 Å². The number of alkyl halides is 4. The first-order valence-electron chi connectivity index (χ1n) is 9.31. The zero-order chi connectivity index (χ0) is 23.3. The van der Waals surface area contributed by atoms with Crippen molar-refractivity contribution in [3.8, 4) is 11.5 Å². The predicted octanol–water partition coefficient (Wildman–Crippen LogP) is 5.59. The second kappa shape index (κ2) is 9.90. The highest BCUT2D eigenvalue weighted by molar-refractivity contribution is 6.34. The Morgan fingerprint density at radius 3 is 2.66 bits per heavy atom. The van der Waals surface area contributed by atoms with Gasteiger partial charge in [-0.2, -0.15) is 8.78 Å². The topological polar surface area (TPSA) is 77.0 Å². The van der Waals surface area contributed by atoms with Crippen molar-refractivity contribution in [1.82, 2.24) is 15.0 Å². The summed E-state index contributed by atoms with van der Waals surface area (Å²) >= 11 is 6.04. The Labute approximate surface area is 185 Å². The zero-order valence-corrected chi connectivity index (χ0v) is 17.4. The number of halogens is 5. The number of ether oxygens (including phenoxy) is 1. The quantitative estimate of drug-likeness (QED) is 0.436. The fourth-order valence-corrected chi connectivity index (χ4v) is 3.00. The summed E-state index contributed by atoms with van der Waals surface area (Å²) in [5.41, 5.74) is -0.258. The standard InChI is InChI=1S/C21H17ClF4N4O2/c1-12(24)19-18(22)20(29-11-28-19)30-17(31)8-13-3-2-4-14(7-13)32-15-5-6-27-16(9-15)21(25,26)10-23/h2-7,9,11-12H,8,10H2,1H3,(H,28,29,30,31). The number of carbonyl (C=O) groups excluding carboxylic acids is 1. The molecule has 1 unspecified atom stereocenters. The van der Waals surface area contributed by atoms with Gasteiger partial charge in [-0.15, -0.1) is 0 Å². The molecule has 0 aliphatic rings. The Hall–Kier alpha value is -3.27. The SMILES string of the molecule is CC(F)c1ncnc(NC(=O)Cc2cccc(Oc3ccnc(C(F)(F)CF)c3)c2)c1Cl. The monoisotopic (exact) mass is 468 g/mol. The number of hydrogen-bond acceptors (Lipinski definition) is 5. The third kappa shape index (κ3) is 5.70. The fraction of sp³-hybridized carbons (Fsp3) is 0.238. The lowest BCUT2D eigenvalue weighted by molar-refractivity contribution is -0.115. The van der Waals surface area contributed by atoms with Gasteiger partial charge in [0.1, 0.15) is 34.7 Å². The van der Waals surface area contributed by atoms with E-state index in [1.807, 2.05) is 0 Å². The van der Waals surface area contributed by atoms with Crippen LogP contribution in [0.5, 0.6) is 11.5 Å². The van der Waals surface area contributed by atoms with Crippen molar-refractivity contribution in [3.05, 3.63) is 70.9 Å². The van der Waals surface area contributed by atoms with Gasteiger partial charge in [-0.1, -0.05) is 23.7 Å². The molecular formula is C21H17ClF4N4O2. The molecule has 168 valence electrons. The molecule has 3 rings (SSSR count). The van der Waals surface area contributed by atoms with Crippen molar-refractivity contribution < 1.29 is 27.1 Å². The van der Waals surface area contributed by atoms with Gasteiger partial charge in [0.25, 0.3) is 0 Å². The minimum absolute atomic E-state index is 0.0170. The van der Waals surface area contributed by atoms with Crippen LogP contribution in [0, 0.1) is 0 Å². The molecule has 0 saturated carbocycles. The number of carbonyl (C=O) groups is 1. The van der Waals surface area contributed by atoms with Crippen molar-refractivity contribution in [1.29, 1.82) is 0 Å². The Balaban J connectivity index is 1.70. The molecule has 3 aromatic rings. The van der Waals surface area contributed by atoms with Crippen LogP contribution in [0.3, 0.4) is 0 Å². The summed E-state index contributed by atoms with van der Waals surface area (Å²) in [4.78, 5) is 23.5. The minimum atomic E-state index is -3.72. The highest BCUT2D eigenvalue weighted by atomic mass is 35.5. The predicted molar refractivity (Wildman–Crippen MR) is 110 cm³/mol. The molecule has 0 spiro atoms. The second-order valence-corrected chi connectivity index (χ2v) is 7.10. The van der Waals surface area contributed by atoms with Gasteiger partial charge < -0.3 is 10.1 Å². The van der Waals surface area contributed by atoms with E-state index in [-0.39, 0.29) is 34.5 Å². The van der Waals surface area contributed by atoms with E-state index in [0.717, 1.165) is 18.6 Å². The lowest BCUT2D eigenvalue weighted by atomic mass is 10.1.